The minimum Gasteiger partial charge on any atom is -0.368 e. The molecular formula is C16H18N8S. The van der Waals surface area contributed by atoms with Crippen LogP contribution < -0.4 is 11.1 Å². The number of benzene rings is 1. The van der Waals surface area contributed by atoms with Crippen molar-refractivity contribution >= 4 is 29.3 Å². The van der Waals surface area contributed by atoms with Crippen molar-refractivity contribution in [3.63, 3.8) is 0 Å². The summed E-state index contributed by atoms with van der Waals surface area (Å²) in [6.45, 7) is 2.04. The molecule has 8 nitrogen and oxygen atoms in total. The highest BCUT2D eigenvalue weighted by Gasteiger charge is 2.27. The molecule has 2 aromatic heterocycles. The van der Waals surface area contributed by atoms with Crippen molar-refractivity contribution < 1.29 is 0 Å². The van der Waals surface area contributed by atoms with Crippen LogP contribution in [0.3, 0.4) is 0 Å². The Kier molecular flexibility index (Phi) is 4.22. The van der Waals surface area contributed by atoms with Gasteiger partial charge in [-0.05, 0) is 31.9 Å². The summed E-state index contributed by atoms with van der Waals surface area (Å²) in [5.41, 5.74) is 7.90. The molecule has 4 N–H and O–H groups in total. The van der Waals surface area contributed by atoms with Gasteiger partial charge in [0.1, 0.15) is 11.6 Å². The summed E-state index contributed by atoms with van der Waals surface area (Å²) in [7, 11) is 0. The van der Waals surface area contributed by atoms with Crippen LogP contribution in [0.15, 0.2) is 29.4 Å². The minimum atomic E-state index is 0.189. The topological polar surface area (TPSA) is 118 Å². The maximum absolute atomic E-state index is 5.81. The van der Waals surface area contributed by atoms with Crippen LogP contribution in [0.25, 0.3) is 0 Å². The van der Waals surface area contributed by atoms with Crippen molar-refractivity contribution in [1.82, 2.24) is 30.1 Å². The van der Waals surface area contributed by atoms with Crippen molar-refractivity contribution in [3.05, 3.63) is 41.5 Å². The van der Waals surface area contributed by atoms with E-state index in [2.05, 4.69) is 35.5 Å². The van der Waals surface area contributed by atoms with E-state index in [0.29, 0.717) is 28.6 Å². The predicted octanol–water partition coefficient (Wildman–Crippen LogP) is 2.79. The molecule has 3 aromatic rings. The van der Waals surface area contributed by atoms with Gasteiger partial charge in [-0.3, -0.25) is 5.10 Å². The lowest BCUT2D eigenvalue weighted by Crippen LogP contribution is -2.06. The Hall–Kier alpha value is -2.68. The average molecular weight is 354 g/mol. The van der Waals surface area contributed by atoms with E-state index in [1.165, 1.54) is 30.2 Å². The number of aryl methyl sites for hydroxylation is 1. The fourth-order valence-corrected chi connectivity index (χ4v) is 2.98. The quantitative estimate of drug-likeness (QED) is 0.578. The lowest BCUT2D eigenvalue weighted by atomic mass is 10.2. The van der Waals surface area contributed by atoms with Gasteiger partial charge >= 0.3 is 0 Å². The van der Waals surface area contributed by atoms with Crippen molar-refractivity contribution in [2.45, 2.75) is 36.6 Å². The largest absolute Gasteiger partial charge is 0.368 e. The molecule has 1 aromatic carbocycles. The monoisotopic (exact) mass is 354 g/mol. The molecule has 25 heavy (non-hydrogen) atoms. The number of nitrogens with zero attached hydrogens (tertiary/aromatic N) is 5. The first-order valence-electron chi connectivity index (χ1n) is 8.05. The van der Waals surface area contributed by atoms with E-state index >= 15 is 0 Å². The van der Waals surface area contributed by atoms with Gasteiger partial charge in [0.15, 0.2) is 0 Å². The molecule has 1 fully saturated rings. The zero-order chi connectivity index (χ0) is 17.2. The molecular weight excluding hydrogens is 336 g/mol. The van der Waals surface area contributed by atoms with Gasteiger partial charge in [0.05, 0.1) is 5.75 Å². The van der Waals surface area contributed by atoms with E-state index in [1.54, 1.807) is 0 Å². The molecule has 1 saturated carbocycles. The lowest BCUT2D eigenvalue weighted by Gasteiger charge is -2.07. The number of nitrogens with one attached hydrogen (secondary N) is 2. The number of anilines is 3. The molecule has 0 bridgehead atoms. The fourth-order valence-electron chi connectivity index (χ4n) is 2.32. The van der Waals surface area contributed by atoms with Crippen molar-refractivity contribution in [2.24, 2.45) is 0 Å². The van der Waals surface area contributed by atoms with Gasteiger partial charge in [-0.25, -0.2) is 4.98 Å². The van der Waals surface area contributed by atoms with E-state index in [0.717, 1.165) is 11.5 Å². The highest BCUT2D eigenvalue weighted by Crippen LogP contribution is 2.38. The third-order valence-corrected chi connectivity index (χ3v) is 4.63. The summed E-state index contributed by atoms with van der Waals surface area (Å²) in [4.78, 5) is 17.2. The molecule has 1 aliphatic rings. The van der Waals surface area contributed by atoms with Crippen LogP contribution in [-0.2, 0) is 5.75 Å². The van der Waals surface area contributed by atoms with Crippen molar-refractivity contribution in [2.75, 3.05) is 11.1 Å². The second kappa shape index (κ2) is 6.67. The normalized spacial score (nSPS) is 13.8. The number of nitrogen functional groups attached to an aromatic ring is 1. The third-order valence-electron chi connectivity index (χ3n) is 3.78. The number of aromatic amines is 1. The van der Waals surface area contributed by atoms with Gasteiger partial charge in [-0.1, -0.05) is 29.5 Å². The molecule has 0 spiro atoms. The molecule has 0 aliphatic heterocycles. The molecule has 0 radical (unpaired) electrons. The first-order valence-corrected chi connectivity index (χ1v) is 9.03. The SMILES string of the molecule is Cc1ccc(Nc2nc(N)nc(CSc3n[nH]c(C4CC4)n3)n2)cc1. The van der Waals surface area contributed by atoms with Gasteiger partial charge in [-0.2, -0.15) is 15.0 Å². The second-order valence-corrected chi connectivity index (χ2v) is 6.93. The molecule has 2 heterocycles. The molecule has 0 amide bonds. The number of aromatic nitrogens is 6. The number of nitrogens with two attached hydrogens (primary N) is 1. The van der Waals surface area contributed by atoms with E-state index in [9.17, 15) is 0 Å². The molecule has 0 unspecified atom stereocenters. The Morgan fingerprint density at radius 2 is 1.96 bits per heavy atom. The summed E-state index contributed by atoms with van der Waals surface area (Å²) >= 11 is 1.48. The molecule has 0 atom stereocenters. The van der Waals surface area contributed by atoms with E-state index in [-0.39, 0.29) is 5.95 Å². The number of H-pyrrole nitrogens is 1. The number of rotatable bonds is 6. The maximum atomic E-state index is 5.81. The molecule has 1 aliphatic carbocycles. The van der Waals surface area contributed by atoms with Crippen LogP contribution in [0.4, 0.5) is 17.6 Å². The van der Waals surface area contributed by atoms with Crippen LogP contribution >= 0.6 is 11.8 Å². The Labute approximate surface area is 149 Å². The van der Waals surface area contributed by atoms with Gasteiger partial charge in [-0.15, -0.1) is 5.10 Å². The smallest absolute Gasteiger partial charge is 0.232 e. The Balaban J connectivity index is 1.43. The van der Waals surface area contributed by atoms with E-state index < -0.39 is 0 Å². The van der Waals surface area contributed by atoms with Gasteiger partial charge in [0.25, 0.3) is 0 Å². The standard InChI is InChI=1S/C16H18N8S/c1-9-2-6-11(7-3-9)18-15-20-12(19-14(17)22-15)8-25-16-21-13(23-24-16)10-4-5-10/h2-3,6-7,10H,4-5,8H2,1H3,(H,21,23,24)(H3,17,18,19,20,22). The first kappa shape index (κ1) is 15.8. The van der Waals surface area contributed by atoms with Crippen LogP contribution in [0.2, 0.25) is 0 Å². The Morgan fingerprint density at radius 1 is 1.16 bits per heavy atom. The van der Waals surface area contributed by atoms with Gasteiger partial charge < -0.3 is 11.1 Å². The van der Waals surface area contributed by atoms with Crippen LogP contribution in [0.1, 0.15) is 36.0 Å². The zero-order valence-electron chi connectivity index (χ0n) is 13.7. The van der Waals surface area contributed by atoms with Crippen LogP contribution in [-0.4, -0.2) is 30.1 Å². The van der Waals surface area contributed by atoms with E-state index in [4.69, 9.17) is 5.73 Å². The Bertz CT molecular complexity index is 872. The highest BCUT2D eigenvalue weighted by molar-refractivity contribution is 7.98. The van der Waals surface area contributed by atoms with Gasteiger partial charge in [0.2, 0.25) is 17.1 Å². The molecule has 0 saturated heterocycles. The summed E-state index contributed by atoms with van der Waals surface area (Å²) in [6.07, 6.45) is 2.38. The van der Waals surface area contributed by atoms with Crippen molar-refractivity contribution in [3.8, 4) is 0 Å². The first-order chi connectivity index (χ1) is 12.2. The second-order valence-electron chi connectivity index (χ2n) is 5.99. The number of hydrogen-bond donors (Lipinski definition) is 3. The van der Waals surface area contributed by atoms with Crippen LogP contribution in [0.5, 0.6) is 0 Å². The van der Waals surface area contributed by atoms with Gasteiger partial charge in [0, 0.05) is 11.6 Å². The Morgan fingerprint density at radius 3 is 2.72 bits per heavy atom. The lowest BCUT2D eigenvalue weighted by molar-refractivity contribution is 0.931. The summed E-state index contributed by atoms with van der Waals surface area (Å²) in [5, 5.41) is 11.1. The van der Waals surface area contributed by atoms with E-state index in [1.807, 2.05) is 31.2 Å². The van der Waals surface area contributed by atoms with Crippen molar-refractivity contribution in [1.29, 1.82) is 0 Å². The fraction of sp³-hybridized carbons (Fsp3) is 0.312. The third kappa shape index (κ3) is 4.05. The number of thioether (sulfide) groups is 1. The molecule has 4 rings (SSSR count). The molecule has 9 heteroatoms. The zero-order valence-corrected chi connectivity index (χ0v) is 14.5. The summed E-state index contributed by atoms with van der Waals surface area (Å²) in [6, 6.07) is 7.97. The maximum Gasteiger partial charge on any atom is 0.232 e. The predicted molar refractivity (Wildman–Crippen MR) is 96.6 cm³/mol. The number of hydrogen-bond acceptors (Lipinski definition) is 8. The average Bonchev–Trinajstić information content (AvgIpc) is 3.33. The highest BCUT2D eigenvalue weighted by atomic mass is 32.2. The van der Waals surface area contributed by atoms with Crippen LogP contribution in [0, 0.1) is 6.92 Å². The minimum absolute atomic E-state index is 0.189. The summed E-state index contributed by atoms with van der Waals surface area (Å²) < 4.78 is 0. The summed E-state index contributed by atoms with van der Waals surface area (Å²) in [5.74, 6) is 3.26. The molecule has 128 valence electrons.